The molecule has 0 radical (unpaired) electrons. The summed E-state index contributed by atoms with van der Waals surface area (Å²) in [6.07, 6.45) is 3.62. The number of fused-ring (bicyclic) bond motifs is 1. The Morgan fingerprint density at radius 1 is 1.24 bits per heavy atom. The van der Waals surface area contributed by atoms with Crippen molar-refractivity contribution in [3.63, 3.8) is 0 Å². The molecule has 41 heavy (non-hydrogen) atoms. The van der Waals surface area contributed by atoms with Gasteiger partial charge in [0.1, 0.15) is 24.0 Å². The largest absolute Gasteiger partial charge is 0.491 e. The molecule has 0 bridgehead atoms. The number of rotatable bonds is 11. The van der Waals surface area contributed by atoms with Crippen LogP contribution in [-0.4, -0.2) is 75.3 Å². The highest BCUT2D eigenvalue weighted by atomic mass is 16.5. The van der Waals surface area contributed by atoms with Crippen LogP contribution in [0.1, 0.15) is 75.0 Å². The van der Waals surface area contributed by atoms with E-state index in [9.17, 15) is 9.90 Å². The quantitative estimate of drug-likeness (QED) is 0.355. The molecule has 2 aromatic rings. The first-order chi connectivity index (χ1) is 19.8. The third kappa shape index (κ3) is 7.11. The standard InChI is InChI=1S/C33H47N3O5/c1-7-23-16-27(21(3)4)22(5)30-28(17-23)32(36-12-14-39-15-13-36)29(33(38)40-8-2)31(35-30)24-10-9-11-26(18-24)41-20-25(37)19-34-6/h9-11,17-18,21-22,25,27,34,37H,7-8,12-16,19-20H2,1-6H3. The minimum Gasteiger partial charge on any atom is -0.491 e. The van der Waals surface area contributed by atoms with E-state index in [4.69, 9.17) is 19.2 Å². The van der Waals surface area contributed by atoms with Gasteiger partial charge in [0.25, 0.3) is 0 Å². The molecule has 1 aromatic carbocycles. The van der Waals surface area contributed by atoms with Gasteiger partial charge in [-0.15, -0.1) is 0 Å². The summed E-state index contributed by atoms with van der Waals surface area (Å²) in [7, 11) is 1.79. The van der Waals surface area contributed by atoms with Crippen LogP contribution >= 0.6 is 0 Å². The molecule has 0 spiro atoms. The lowest BCUT2D eigenvalue weighted by molar-refractivity contribution is 0.0526. The molecule has 1 aromatic heterocycles. The number of benzene rings is 1. The molecular weight excluding hydrogens is 518 g/mol. The van der Waals surface area contributed by atoms with Crippen LogP contribution < -0.4 is 15.0 Å². The summed E-state index contributed by atoms with van der Waals surface area (Å²) >= 11 is 0. The second-order valence-electron chi connectivity index (χ2n) is 11.4. The Kier molecular flexibility index (Phi) is 10.8. The van der Waals surface area contributed by atoms with E-state index in [2.05, 4.69) is 44.0 Å². The number of likely N-dealkylation sites (N-methyl/N-ethyl adjacent to an activating group) is 1. The number of aliphatic hydroxyl groups excluding tert-OH is 1. The fourth-order valence-electron chi connectivity index (χ4n) is 6.04. The Hall–Kier alpha value is -2.94. The summed E-state index contributed by atoms with van der Waals surface area (Å²) in [5, 5.41) is 13.1. The Balaban J connectivity index is 1.97. The zero-order chi connectivity index (χ0) is 29.5. The van der Waals surface area contributed by atoms with Gasteiger partial charge in [0.05, 0.1) is 36.9 Å². The zero-order valence-electron chi connectivity index (χ0n) is 25.5. The summed E-state index contributed by atoms with van der Waals surface area (Å²) < 4.78 is 17.3. The van der Waals surface area contributed by atoms with Crippen LogP contribution in [0.3, 0.4) is 0 Å². The van der Waals surface area contributed by atoms with Gasteiger partial charge in [-0.2, -0.15) is 0 Å². The summed E-state index contributed by atoms with van der Waals surface area (Å²) in [5.74, 6) is 1.33. The van der Waals surface area contributed by atoms with Crippen LogP contribution in [-0.2, 0) is 9.47 Å². The van der Waals surface area contributed by atoms with Crippen molar-refractivity contribution in [1.29, 1.82) is 0 Å². The van der Waals surface area contributed by atoms with Gasteiger partial charge in [-0.1, -0.05) is 51.5 Å². The molecule has 2 heterocycles. The van der Waals surface area contributed by atoms with E-state index >= 15 is 0 Å². The average Bonchev–Trinajstić information content (AvgIpc) is 3.12. The monoisotopic (exact) mass is 565 g/mol. The predicted molar refractivity (Wildman–Crippen MR) is 164 cm³/mol. The lowest BCUT2D eigenvalue weighted by atomic mass is 9.79. The molecule has 1 aliphatic heterocycles. The van der Waals surface area contributed by atoms with E-state index in [0.717, 1.165) is 35.3 Å². The van der Waals surface area contributed by atoms with Crippen molar-refractivity contribution in [2.75, 3.05) is 58.0 Å². The summed E-state index contributed by atoms with van der Waals surface area (Å²) in [5.41, 5.74) is 6.20. The van der Waals surface area contributed by atoms with Gasteiger partial charge in [-0.05, 0) is 50.8 Å². The van der Waals surface area contributed by atoms with Gasteiger partial charge in [0.15, 0.2) is 0 Å². The number of hydrogen-bond acceptors (Lipinski definition) is 8. The fourth-order valence-corrected chi connectivity index (χ4v) is 6.04. The molecule has 4 rings (SSSR count). The highest BCUT2D eigenvalue weighted by Gasteiger charge is 2.35. The van der Waals surface area contributed by atoms with E-state index in [-0.39, 0.29) is 25.1 Å². The predicted octanol–water partition coefficient (Wildman–Crippen LogP) is 5.29. The normalized spacial score (nSPS) is 19.8. The SMILES string of the molecule is CCOC(=O)c1c(-c2cccc(OCC(O)CNC)c2)nc2c(c1N1CCOCC1)C=C(CC)CC(C(C)C)C2C. The van der Waals surface area contributed by atoms with Crippen LogP contribution in [0, 0.1) is 11.8 Å². The molecule has 1 saturated heterocycles. The number of ether oxygens (including phenoxy) is 3. The zero-order valence-corrected chi connectivity index (χ0v) is 25.5. The molecule has 1 aliphatic carbocycles. The van der Waals surface area contributed by atoms with Crippen molar-refractivity contribution < 1.29 is 24.1 Å². The molecule has 224 valence electrons. The molecule has 3 atom stereocenters. The molecule has 2 N–H and O–H groups in total. The smallest absolute Gasteiger partial charge is 0.342 e. The lowest BCUT2D eigenvalue weighted by Crippen LogP contribution is -2.38. The summed E-state index contributed by atoms with van der Waals surface area (Å²) in [6, 6.07) is 7.63. The topological polar surface area (TPSA) is 93.2 Å². The third-order valence-corrected chi connectivity index (χ3v) is 8.26. The average molecular weight is 566 g/mol. The van der Waals surface area contributed by atoms with Crippen molar-refractivity contribution in [3.8, 4) is 17.0 Å². The van der Waals surface area contributed by atoms with Crippen LogP contribution in [0.4, 0.5) is 5.69 Å². The van der Waals surface area contributed by atoms with E-state index in [1.807, 2.05) is 31.2 Å². The lowest BCUT2D eigenvalue weighted by Gasteiger charge is -2.34. The maximum Gasteiger partial charge on any atom is 0.342 e. The van der Waals surface area contributed by atoms with Crippen molar-refractivity contribution in [2.24, 2.45) is 11.8 Å². The number of pyridine rings is 1. The Bertz CT molecular complexity index is 1220. The van der Waals surface area contributed by atoms with Gasteiger partial charge < -0.3 is 29.5 Å². The van der Waals surface area contributed by atoms with E-state index < -0.39 is 6.10 Å². The van der Waals surface area contributed by atoms with Gasteiger partial charge in [-0.25, -0.2) is 4.79 Å². The third-order valence-electron chi connectivity index (χ3n) is 8.26. The number of carbonyl (C=O) groups is 1. The molecule has 8 nitrogen and oxygen atoms in total. The second-order valence-corrected chi connectivity index (χ2v) is 11.4. The van der Waals surface area contributed by atoms with E-state index in [1.54, 1.807) is 7.05 Å². The number of anilines is 1. The number of nitrogens with zero attached hydrogens (tertiary/aromatic N) is 2. The first-order valence-electron chi connectivity index (χ1n) is 15.1. The van der Waals surface area contributed by atoms with Crippen LogP contribution in [0.2, 0.25) is 0 Å². The number of aromatic nitrogens is 1. The minimum atomic E-state index is -0.634. The molecule has 1 fully saturated rings. The number of nitrogens with one attached hydrogen (secondary N) is 1. The van der Waals surface area contributed by atoms with Gasteiger partial charge in [-0.3, -0.25) is 4.98 Å². The van der Waals surface area contributed by atoms with Crippen molar-refractivity contribution in [2.45, 2.75) is 59.5 Å². The second kappa shape index (κ2) is 14.3. The van der Waals surface area contributed by atoms with Crippen molar-refractivity contribution >= 4 is 17.7 Å². The Morgan fingerprint density at radius 2 is 2.00 bits per heavy atom. The molecule has 0 saturated carbocycles. The van der Waals surface area contributed by atoms with Crippen LogP contribution in [0.25, 0.3) is 17.3 Å². The molecule has 8 heteroatoms. The van der Waals surface area contributed by atoms with Crippen LogP contribution in [0.15, 0.2) is 29.8 Å². The first-order valence-corrected chi connectivity index (χ1v) is 15.1. The summed E-state index contributed by atoms with van der Waals surface area (Å²) in [6.45, 7) is 14.3. The minimum absolute atomic E-state index is 0.156. The van der Waals surface area contributed by atoms with Gasteiger partial charge in [0.2, 0.25) is 0 Å². The van der Waals surface area contributed by atoms with Gasteiger partial charge in [0, 0.05) is 36.7 Å². The highest BCUT2D eigenvalue weighted by Crippen LogP contribution is 2.46. The Labute approximate surface area is 245 Å². The fraction of sp³-hybridized carbons (Fsp3) is 0.576. The summed E-state index contributed by atoms with van der Waals surface area (Å²) in [4.78, 5) is 21.4. The number of aliphatic hydroxyl groups is 1. The Morgan fingerprint density at radius 3 is 2.66 bits per heavy atom. The number of esters is 1. The number of hydrogen-bond donors (Lipinski definition) is 2. The van der Waals surface area contributed by atoms with Crippen LogP contribution in [0.5, 0.6) is 5.75 Å². The highest BCUT2D eigenvalue weighted by molar-refractivity contribution is 6.04. The van der Waals surface area contributed by atoms with Crippen molar-refractivity contribution in [1.82, 2.24) is 10.3 Å². The molecule has 3 unspecified atom stereocenters. The van der Waals surface area contributed by atoms with E-state index in [1.165, 1.54) is 5.57 Å². The number of carbonyl (C=O) groups excluding carboxylic acids is 1. The van der Waals surface area contributed by atoms with E-state index in [0.29, 0.717) is 61.7 Å². The molecule has 2 aliphatic rings. The van der Waals surface area contributed by atoms with Crippen molar-refractivity contribution in [3.05, 3.63) is 46.7 Å². The first kappa shape index (κ1) is 31.0. The maximum absolute atomic E-state index is 13.8. The van der Waals surface area contributed by atoms with Gasteiger partial charge >= 0.3 is 5.97 Å². The molecule has 0 amide bonds. The number of allylic oxidation sites excluding steroid dienone is 1. The maximum atomic E-state index is 13.8. The molecular formula is C33H47N3O5. The number of morpholine rings is 1.